The Labute approximate surface area is 145 Å². The lowest BCUT2D eigenvalue weighted by atomic mass is 10.0. The van der Waals surface area contributed by atoms with Crippen LogP contribution in [0.5, 0.6) is 0 Å². The molecule has 3 heterocycles. The molecule has 7 heteroatoms. The van der Waals surface area contributed by atoms with E-state index in [1.54, 1.807) is 35.3 Å². The summed E-state index contributed by atoms with van der Waals surface area (Å²) < 4.78 is 1.54. The highest BCUT2D eigenvalue weighted by atomic mass is 32.1. The van der Waals surface area contributed by atoms with Crippen LogP contribution in [0.1, 0.15) is 30.6 Å². The van der Waals surface area contributed by atoms with Gasteiger partial charge >= 0.3 is 0 Å². The second kappa shape index (κ2) is 7.17. The van der Waals surface area contributed by atoms with Crippen molar-refractivity contribution in [1.82, 2.24) is 14.9 Å². The van der Waals surface area contributed by atoms with Crippen LogP contribution in [-0.2, 0) is 11.8 Å². The molecule has 1 unspecified atom stereocenters. The van der Waals surface area contributed by atoms with Crippen LogP contribution in [0, 0.1) is 0 Å². The molecule has 1 saturated heterocycles. The fraction of sp³-hybridized carbons (Fsp3) is 0.471. The highest BCUT2D eigenvalue weighted by Crippen LogP contribution is 2.22. The van der Waals surface area contributed by atoms with Crippen LogP contribution in [0.4, 0.5) is 5.82 Å². The standard InChI is InChI=1S/C17H22N4O2S/c1-12(14-4-3-11-24-14)16(22)19-13-5-8-21(9-6-13)15-17(23)20(2)10-7-18-15/h3-4,7,10-13H,5-6,8-9H2,1-2H3,(H,19,22). The van der Waals surface area contributed by atoms with Gasteiger partial charge in [-0.3, -0.25) is 9.59 Å². The third-order valence-corrected chi connectivity index (χ3v) is 5.56. The number of hydrogen-bond acceptors (Lipinski definition) is 5. The first-order chi connectivity index (χ1) is 11.6. The van der Waals surface area contributed by atoms with Gasteiger partial charge < -0.3 is 14.8 Å². The second-order valence-corrected chi connectivity index (χ2v) is 7.15. The van der Waals surface area contributed by atoms with E-state index >= 15 is 0 Å². The summed E-state index contributed by atoms with van der Waals surface area (Å²) >= 11 is 1.61. The summed E-state index contributed by atoms with van der Waals surface area (Å²) in [4.78, 5) is 31.8. The molecule has 128 valence electrons. The molecular formula is C17H22N4O2S. The Morgan fingerprint density at radius 2 is 2.17 bits per heavy atom. The maximum absolute atomic E-state index is 12.4. The topological polar surface area (TPSA) is 67.2 Å². The zero-order valence-electron chi connectivity index (χ0n) is 13.9. The highest BCUT2D eigenvalue weighted by Gasteiger charge is 2.25. The normalized spacial score (nSPS) is 16.8. The molecule has 1 fully saturated rings. The fourth-order valence-electron chi connectivity index (χ4n) is 2.93. The number of thiophene rings is 1. The van der Waals surface area contributed by atoms with Gasteiger partial charge in [0, 0.05) is 43.4 Å². The molecule has 0 aliphatic carbocycles. The van der Waals surface area contributed by atoms with Gasteiger partial charge in [0.05, 0.1) is 5.92 Å². The lowest BCUT2D eigenvalue weighted by Gasteiger charge is -2.33. The predicted octanol–water partition coefficient (Wildman–Crippen LogP) is 1.73. The average Bonchev–Trinajstić information content (AvgIpc) is 3.12. The number of aryl methyl sites for hydroxylation is 1. The molecule has 6 nitrogen and oxygen atoms in total. The van der Waals surface area contributed by atoms with Crippen molar-refractivity contribution in [1.29, 1.82) is 0 Å². The Morgan fingerprint density at radius 1 is 1.42 bits per heavy atom. The average molecular weight is 346 g/mol. The Bertz CT molecular complexity index is 748. The number of anilines is 1. The van der Waals surface area contributed by atoms with Gasteiger partial charge in [-0.15, -0.1) is 11.3 Å². The lowest BCUT2D eigenvalue weighted by molar-refractivity contribution is -0.123. The minimum atomic E-state index is -0.119. The summed E-state index contributed by atoms with van der Waals surface area (Å²) in [6.07, 6.45) is 4.95. The van der Waals surface area contributed by atoms with E-state index in [4.69, 9.17) is 0 Å². The Kier molecular flexibility index (Phi) is 4.99. The Balaban J connectivity index is 1.56. The molecule has 2 aromatic rings. The van der Waals surface area contributed by atoms with E-state index in [1.165, 1.54) is 0 Å². The molecule has 1 amide bonds. The lowest BCUT2D eigenvalue weighted by Crippen LogP contribution is -2.47. The molecule has 0 aromatic carbocycles. The minimum absolute atomic E-state index is 0.0737. The number of aromatic nitrogens is 2. The molecule has 1 aliphatic heterocycles. The molecule has 0 radical (unpaired) electrons. The van der Waals surface area contributed by atoms with Crippen molar-refractivity contribution < 1.29 is 4.79 Å². The van der Waals surface area contributed by atoms with Crippen molar-refractivity contribution in [3.8, 4) is 0 Å². The molecule has 3 rings (SSSR count). The quantitative estimate of drug-likeness (QED) is 0.915. The third-order valence-electron chi connectivity index (χ3n) is 4.50. The molecular weight excluding hydrogens is 324 g/mol. The van der Waals surface area contributed by atoms with E-state index in [2.05, 4.69) is 10.3 Å². The number of nitrogens with one attached hydrogen (secondary N) is 1. The molecule has 24 heavy (non-hydrogen) atoms. The monoisotopic (exact) mass is 346 g/mol. The largest absolute Gasteiger partial charge is 0.353 e. The van der Waals surface area contributed by atoms with Gasteiger partial charge in [-0.1, -0.05) is 6.07 Å². The van der Waals surface area contributed by atoms with Crippen LogP contribution < -0.4 is 15.8 Å². The first-order valence-corrected chi connectivity index (χ1v) is 9.04. The first-order valence-electron chi connectivity index (χ1n) is 8.16. The van der Waals surface area contributed by atoms with Crippen LogP contribution in [0.2, 0.25) is 0 Å². The van der Waals surface area contributed by atoms with Crippen LogP contribution in [0.25, 0.3) is 0 Å². The molecule has 1 aliphatic rings. The van der Waals surface area contributed by atoms with Crippen molar-refractivity contribution in [2.45, 2.75) is 31.7 Å². The van der Waals surface area contributed by atoms with Crippen LogP contribution >= 0.6 is 11.3 Å². The molecule has 0 spiro atoms. The molecule has 1 atom stereocenters. The van der Waals surface area contributed by atoms with Crippen molar-refractivity contribution >= 4 is 23.1 Å². The van der Waals surface area contributed by atoms with E-state index in [9.17, 15) is 9.59 Å². The van der Waals surface area contributed by atoms with Crippen LogP contribution in [0.15, 0.2) is 34.7 Å². The van der Waals surface area contributed by atoms with Gasteiger partial charge in [0.2, 0.25) is 5.91 Å². The number of nitrogens with zero attached hydrogens (tertiary/aromatic N) is 3. The smallest absolute Gasteiger partial charge is 0.293 e. The maximum Gasteiger partial charge on any atom is 0.293 e. The number of rotatable bonds is 4. The third kappa shape index (κ3) is 3.51. The van der Waals surface area contributed by atoms with E-state index in [-0.39, 0.29) is 23.4 Å². The second-order valence-electron chi connectivity index (χ2n) is 6.17. The predicted molar refractivity (Wildman–Crippen MR) is 95.6 cm³/mol. The molecule has 2 aromatic heterocycles. The van der Waals surface area contributed by atoms with Crippen molar-refractivity contribution in [3.05, 3.63) is 45.1 Å². The van der Waals surface area contributed by atoms with Crippen LogP contribution in [0.3, 0.4) is 0 Å². The maximum atomic E-state index is 12.4. The minimum Gasteiger partial charge on any atom is -0.353 e. The Morgan fingerprint density at radius 3 is 2.83 bits per heavy atom. The number of piperidine rings is 1. The first kappa shape index (κ1) is 16.7. The SMILES string of the molecule is CC(C(=O)NC1CCN(c2nccn(C)c2=O)CC1)c1cccs1. The molecule has 0 bridgehead atoms. The van der Waals surface area contributed by atoms with Crippen molar-refractivity contribution in [2.24, 2.45) is 7.05 Å². The molecule has 0 saturated carbocycles. The zero-order valence-corrected chi connectivity index (χ0v) is 14.8. The number of carbonyl (C=O) groups is 1. The summed E-state index contributed by atoms with van der Waals surface area (Å²) in [5, 5.41) is 5.13. The van der Waals surface area contributed by atoms with E-state index in [0.717, 1.165) is 30.8 Å². The van der Waals surface area contributed by atoms with Gasteiger partial charge in [0.25, 0.3) is 5.56 Å². The number of amides is 1. The van der Waals surface area contributed by atoms with Gasteiger partial charge in [0.15, 0.2) is 5.82 Å². The fourth-order valence-corrected chi connectivity index (χ4v) is 3.71. The zero-order chi connectivity index (χ0) is 17.1. The van der Waals surface area contributed by atoms with Gasteiger partial charge in [-0.05, 0) is 31.2 Å². The van der Waals surface area contributed by atoms with Crippen LogP contribution in [-0.4, -0.2) is 34.6 Å². The summed E-state index contributed by atoms with van der Waals surface area (Å²) in [5.41, 5.74) is -0.0775. The summed E-state index contributed by atoms with van der Waals surface area (Å²) in [6, 6.07) is 4.12. The summed E-state index contributed by atoms with van der Waals surface area (Å²) in [5.74, 6) is 0.451. The van der Waals surface area contributed by atoms with Crippen molar-refractivity contribution in [2.75, 3.05) is 18.0 Å². The number of hydrogen-bond donors (Lipinski definition) is 1. The highest BCUT2D eigenvalue weighted by molar-refractivity contribution is 7.10. The summed E-state index contributed by atoms with van der Waals surface area (Å²) in [6.45, 7) is 3.39. The van der Waals surface area contributed by atoms with Gasteiger partial charge in [-0.2, -0.15) is 0 Å². The van der Waals surface area contributed by atoms with Crippen molar-refractivity contribution in [3.63, 3.8) is 0 Å². The van der Waals surface area contributed by atoms with Gasteiger partial charge in [0.1, 0.15) is 0 Å². The van der Waals surface area contributed by atoms with E-state index in [0.29, 0.717) is 5.82 Å². The van der Waals surface area contributed by atoms with E-state index < -0.39 is 0 Å². The van der Waals surface area contributed by atoms with Gasteiger partial charge in [-0.25, -0.2) is 4.98 Å². The van der Waals surface area contributed by atoms with E-state index in [1.807, 2.05) is 29.3 Å². The Hall–Kier alpha value is -2.15. The summed E-state index contributed by atoms with van der Waals surface area (Å²) in [7, 11) is 1.73. The number of carbonyl (C=O) groups excluding carboxylic acids is 1. The molecule has 1 N–H and O–H groups in total.